The fourth-order valence-corrected chi connectivity index (χ4v) is 1.49. The van der Waals surface area contributed by atoms with Crippen LogP contribution in [0.1, 0.15) is 33.3 Å². The van der Waals surface area contributed by atoms with Gasteiger partial charge in [0.25, 0.3) is 0 Å². The first-order valence-electron chi connectivity index (χ1n) is 6.55. The van der Waals surface area contributed by atoms with Gasteiger partial charge in [-0.15, -0.1) is 0 Å². The molecule has 1 aromatic carbocycles. The van der Waals surface area contributed by atoms with E-state index in [-0.39, 0.29) is 5.82 Å². The molecular formula is C15H24FN3O. The largest absolute Gasteiger partial charge is 0.401 e. The van der Waals surface area contributed by atoms with Gasteiger partial charge in [-0.25, -0.2) is 9.40 Å². The molecular weight excluding hydrogens is 257 g/mol. The molecule has 0 atom stereocenters. The van der Waals surface area contributed by atoms with Crippen LogP contribution in [0.4, 0.5) is 10.1 Å². The average molecular weight is 281 g/mol. The third-order valence-corrected chi connectivity index (χ3v) is 2.89. The zero-order valence-electron chi connectivity index (χ0n) is 13.1. The minimum absolute atomic E-state index is 0.297. The van der Waals surface area contributed by atoms with Gasteiger partial charge >= 0.3 is 0 Å². The highest BCUT2D eigenvalue weighted by Gasteiger charge is 2.14. The number of carbonyl (C=O) groups is 1. The van der Waals surface area contributed by atoms with E-state index in [4.69, 9.17) is 5.73 Å². The molecule has 0 spiro atoms. The summed E-state index contributed by atoms with van der Waals surface area (Å²) in [4.78, 5) is 11.2. The van der Waals surface area contributed by atoms with Crippen molar-refractivity contribution in [3.8, 4) is 0 Å². The normalized spacial score (nSPS) is 10.9. The van der Waals surface area contributed by atoms with Gasteiger partial charge in [0.15, 0.2) is 0 Å². The molecule has 0 fully saturated rings. The van der Waals surface area contributed by atoms with Gasteiger partial charge in [-0.05, 0) is 44.5 Å². The fraction of sp³-hybridized carbons (Fsp3) is 0.400. The topological polar surface area (TPSA) is 49.6 Å². The first-order valence-corrected chi connectivity index (χ1v) is 6.55. The smallest absolute Gasteiger partial charge is 0.233 e. The van der Waals surface area contributed by atoms with Crippen molar-refractivity contribution in [2.75, 3.05) is 12.1 Å². The van der Waals surface area contributed by atoms with Crippen molar-refractivity contribution in [2.45, 2.75) is 34.6 Å². The molecule has 5 heteroatoms. The molecule has 1 rings (SSSR count). The third kappa shape index (κ3) is 4.26. The Balaban J connectivity index is 0.00000172. The van der Waals surface area contributed by atoms with Crippen LogP contribution in [0.3, 0.4) is 0 Å². The maximum Gasteiger partial charge on any atom is 0.233 e. The number of amides is 1. The van der Waals surface area contributed by atoms with Gasteiger partial charge < -0.3 is 5.73 Å². The van der Waals surface area contributed by atoms with Crippen LogP contribution >= 0.6 is 0 Å². The highest BCUT2D eigenvalue weighted by atomic mass is 19.1. The van der Waals surface area contributed by atoms with E-state index >= 15 is 0 Å². The van der Waals surface area contributed by atoms with Crippen LogP contribution in [0, 0.1) is 12.7 Å². The van der Waals surface area contributed by atoms with E-state index in [0.717, 1.165) is 5.70 Å². The van der Waals surface area contributed by atoms with Gasteiger partial charge in [-0.1, -0.05) is 13.8 Å². The lowest BCUT2D eigenvalue weighted by atomic mass is 10.2. The highest BCUT2D eigenvalue weighted by Crippen LogP contribution is 2.20. The second-order valence-electron chi connectivity index (χ2n) is 4.18. The third-order valence-electron chi connectivity index (χ3n) is 2.89. The first kappa shape index (κ1) is 18.0. The number of benzene rings is 1. The number of nitrogens with two attached hydrogens (primary N) is 1. The summed E-state index contributed by atoms with van der Waals surface area (Å²) in [5.41, 5.74) is 8.14. The lowest BCUT2D eigenvalue weighted by Gasteiger charge is -2.31. The number of hydrogen-bond donors (Lipinski definition) is 1. The molecule has 0 saturated carbocycles. The van der Waals surface area contributed by atoms with Crippen molar-refractivity contribution < 1.29 is 9.18 Å². The molecule has 0 unspecified atom stereocenters. The van der Waals surface area contributed by atoms with Crippen LogP contribution in [0.15, 0.2) is 29.6 Å². The van der Waals surface area contributed by atoms with Crippen molar-refractivity contribution in [1.29, 1.82) is 0 Å². The molecule has 20 heavy (non-hydrogen) atoms. The molecule has 0 saturated heterocycles. The van der Waals surface area contributed by atoms with Gasteiger partial charge in [0.05, 0.1) is 11.4 Å². The van der Waals surface area contributed by atoms with E-state index in [1.165, 1.54) is 11.1 Å². The molecule has 0 aliphatic carbocycles. The highest BCUT2D eigenvalue weighted by molar-refractivity contribution is 5.74. The molecule has 0 bridgehead atoms. The number of carbonyl (C=O) groups excluding carboxylic acids is 1. The molecule has 0 aliphatic rings. The Morgan fingerprint density at radius 1 is 1.30 bits per heavy atom. The number of nitrogens with zero attached hydrogens (tertiary/aromatic N) is 2. The predicted octanol–water partition coefficient (Wildman–Crippen LogP) is 3.18. The number of anilines is 1. The Bertz CT molecular complexity index is 482. The van der Waals surface area contributed by atoms with Crippen LogP contribution in [-0.2, 0) is 4.79 Å². The van der Waals surface area contributed by atoms with Crippen LogP contribution in [-0.4, -0.2) is 18.5 Å². The summed E-state index contributed by atoms with van der Waals surface area (Å²) >= 11 is 0. The minimum Gasteiger partial charge on any atom is -0.401 e. The Morgan fingerprint density at radius 2 is 1.85 bits per heavy atom. The molecule has 0 aliphatic heterocycles. The number of halogens is 1. The standard InChI is InChI=1S/C13H18FN3O.C2H6/c1-9-7-12(5-6-13(9)14)17(8-18)16(4)11(3)10(2)15;1-2/h5-8H,15H2,1-4H3;1-2H3/b11-10+;. The summed E-state index contributed by atoms with van der Waals surface area (Å²) in [6, 6.07) is 4.50. The zero-order valence-corrected chi connectivity index (χ0v) is 13.1. The van der Waals surface area contributed by atoms with Gasteiger partial charge in [-0.2, -0.15) is 0 Å². The monoisotopic (exact) mass is 281 g/mol. The summed E-state index contributed by atoms with van der Waals surface area (Å²) < 4.78 is 13.2. The number of allylic oxidation sites excluding steroid dienone is 2. The Kier molecular flexibility index (Phi) is 7.36. The molecule has 4 nitrogen and oxygen atoms in total. The van der Waals surface area contributed by atoms with E-state index in [2.05, 4.69) is 0 Å². The van der Waals surface area contributed by atoms with Crippen LogP contribution in [0.25, 0.3) is 0 Å². The molecule has 0 radical (unpaired) electrons. The lowest BCUT2D eigenvalue weighted by molar-refractivity contribution is -0.109. The molecule has 0 aromatic heterocycles. The van der Waals surface area contributed by atoms with E-state index < -0.39 is 0 Å². The maximum atomic E-state index is 13.2. The summed E-state index contributed by atoms with van der Waals surface area (Å²) in [5.74, 6) is -0.297. The van der Waals surface area contributed by atoms with Crippen LogP contribution in [0.2, 0.25) is 0 Å². The average Bonchev–Trinajstić information content (AvgIpc) is 2.44. The Labute approximate surface area is 120 Å². The Morgan fingerprint density at radius 3 is 2.25 bits per heavy atom. The van der Waals surface area contributed by atoms with Crippen LogP contribution < -0.4 is 10.7 Å². The second kappa shape index (κ2) is 8.19. The number of aryl methyl sites for hydroxylation is 1. The molecule has 112 valence electrons. The van der Waals surface area contributed by atoms with Crippen molar-refractivity contribution >= 4 is 12.1 Å². The lowest BCUT2D eigenvalue weighted by Crippen LogP contribution is -2.38. The second-order valence-corrected chi connectivity index (χ2v) is 4.18. The predicted molar refractivity (Wildman–Crippen MR) is 81.4 cm³/mol. The fourth-order valence-electron chi connectivity index (χ4n) is 1.49. The van der Waals surface area contributed by atoms with E-state index in [0.29, 0.717) is 23.4 Å². The Hall–Kier alpha value is -2.04. The number of hydrogen-bond acceptors (Lipinski definition) is 3. The zero-order chi connectivity index (χ0) is 15.9. The summed E-state index contributed by atoms with van der Waals surface area (Å²) in [7, 11) is 1.72. The quantitative estimate of drug-likeness (QED) is 0.681. The van der Waals surface area contributed by atoms with Crippen LogP contribution in [0.5, 0.6) is 0 Å². The first-order chi connectivity index (χ1) is 9.38. The summed E-state index contributed by atoms with van der Waals surface area (Å²) in [5, 5.41) is 2.99. The molecule has 1 amide bonds. The van der Waals surface area contributed by atoms with Crippen molar-refractivity contribution in [1.82, 2.24) is 5.01 Å². The summed E-state index contributed by atoms with van der Waals surface area (Å²) in [6.07, 6.45) is 0.666. The van der Waals surface area contributed by atoms with Crippen molar-refractivity contribution in [3.63, 3.8) is 0 Å². The molecule has 0 heterocycles. The van der Waals surface area contributed by atoms with Crippen molar-refractivity contribution in [2.24, 2.45) is 5.73 Å². The van der Waals surface area contributed by atoms with E-state index in [9.17, 15) is 9.18 Å². The summed E-state index contributed by atoms with van der Waals surface area (Å²) in [6.45, 7) is 9.21. The van der Waals surface area contributed by atoms with Gasteiger partial charge in [0.1, 0.15) is 5.82 Å². The van der Waals surface area contributed by atoms with Gasteiger partial charge in [0.2, 0.25) is 6.41 Å². The minimum atomic E-state index is -0.297. The number of hydrazine groups is 1. The van der Waals surface area contributed by atoms with E-state index in [1.54, 1.807) is 38.0 Å². The SMILES string of the molecule is C/C(N)=C(/C)N(C)N(C=O)c1ccc(F)c(C)c1.CC. The molecule has 1 aromatic rings. The number of rotatable bonds is 4. The van der Waals surface area contributed by atoms with Gasteiger partial charge in [-0.3, -0.25) is 9.80 Å². The van der Waals surface area contributed by atoms with E-state index in [1.807, 2.05) is 20.8 Å². The maximum absolute atomic E-state index is 13.2. The van der Waals surface area contributed by atoms with Gasteiger partial charge in [0, 0.05) is 12.7 Å². The molecule has 2 N–H and O–H groups in total. The van der Waals surface area contributed by atoms with Crippen molar-refractivity contribution in [3.05, 3.63) is 41.0 Å².